The van der Waals surface area contributed by atoms with Crippen LogP contribution in [0.5, 0.6) is 0 Å². The number of benzene rings is 1. The fourth-order valence-corrected chi connectivity index (χ4v) is 4.01. The summed E-state index contributed by atoms with van der Waals surface area (Å²) in [6.45, 7) is 4.19. The molecule has 0 bridgehead atoms. The first-order chi connectivity index (χ1) is 14.5. The molecule has 2 aliphatic carbocycles. The summed E-state index contributed by atoms with van der Waals surface area (Å²) in [5.74, 6) is 0.773. The number of Topliss-reactive ketones (excluding diaryl/α,β-unsaturated/α-hetero) is 1. The summed E-state index contributed by atoms with van der Waals surface area (Å²) in [6.07, 6.45) is 13.0. The number of nitrogens with one attached hydrogen (secondary N) is 1. The SMILES string of the molecule is CC1(C)C=Cc2cc(C3=CCc4nc(Nc5ccncc5)ncc43)ccc2C(=O)C1.[HH]. The van der Waals surface area contributed by atoms with Gasteiger partial charge in [-0.25, -0.2) is 9.97 Å². The summed E-state index contributed by atoms with van der Waals surface area (Å²) in [5, 5.41) is 3.22. The number of aromatic nitrogens is 3. The highest BCUT2D eigenvalue weighted by Crippen LogP contribution is 2.36. The maximum absolute atomic E-state index is 12.7. The number of hydrogen-bond acceptors (Lipinski definition) is 5. The molecule has 30 heavy (non-hydrogen) atoms. The number of carbonyl (C=O) groups excluding carboxylic acids is 1. The van der Waals surface area contributed by atoms with Gasteiger partial charge in [-0.1, -0.05) is 44.2 Å². The van der Waals surface area contributed by atoms with E-state index in [1.165, 1.54) is 0 Å². The van der Waals surface area contributed by atoms with Gasteiger partial charge < -0.3 is 5.32 Å². The number of fused-ring (bicyclic) bond motifs is 2. The molecule has 2 aromatic heterocycles. The molecule has 2 aliphatic rings. The van der Waals surface area contributed by atoms with Gasteiger partial charge in [-0.15, -0.1) is 0 Å². The molecule has 0 saturated carbocycles. The maximum Gasteiger partial charge on any atom is 0.227 e. The Labute approximate surface area is 177 Å². The third kappa shape index (κ3) is 3.43. The first kappa shape index (κ1) is 18.4. The van der Waals surface area contributed by atoms with Gasteiger partial charge in [0.25, 0.3) is 0 Å². The van der Waals surface area contributed by atoms with Crippen LogP contribution in [0.1, 0.15) is 54.4 Å². The number of anilines is 2. The number of pyridine rings is 1. The summed E-state index contributed by atoms with van der Waals surface area (Å²) in [6, 6.07) is 9.86. The van der Waals surface area contributed by atoms with Crippen molar-refractivity contribution in [2.24, 2.45) is 5.41 Å². The normalized spacial score (nSPS) is 16.5. The van der Waals surface area contributed by atoms with Crippen molar-refractivity contribution in [3.8, 4) is 0 Å². The summed E-state index contributed by atoms with van der Waals surface area (Å²) in [4.78, 5) is 25.9. The molecule has 5 nitrogen and oxygen atoms in total. The Hall–Kier alpha value is -3.60. The zero-order valence-electron chi connectivity index (χ0n) is 17.0. The second-order valence-corrected chi connectivity index (χ2v) is 8.46. The monoisotopic (exact) mass is 396 g/mol. The summed E-state index contributed by atoms with van der Waals surface area (Å²) >= 11 is 0. The van der Waals surface area contributed by atoms with Crippen molar-refractivity contribution in [1.82, 2.24) is 15.0 Å². The number of hydrogen-bond donors (Lipinski definition) is 1. The van der Waals surface area contributed by atoms with E-state index in [0.717, 1.165) is 45.6 Å². The Bertz CT molecular complexity index is 1220. The minimum Gasteiger partial charge on any atom is -0.324 e. The Balaban J connectivity index is 0.00000231. The molecule has 2 heterocycles. The molecular weight excluding hydrogens is 372 g/mol. The number of allylic oxidation sites excluding steroid dienone is 2. The van der Waals surface area contributed by atoms with Crippen LogP contribution in [0.15, 0.2) is 61.1 Å². The Morgan fingerprint density at radius 1 is 1.10 bits per heavy atom. The van der Waals surface area contributed by atoms with Crippen molar-refractivity contribution < 1.29 is 6.22 Å². The Morgan fingerprint density at radius 2 is 1.93 bits per heavy atom. The van der Waals surface area contributed by atoms with E-state index in [1.807, 2.05) is 30.5 Å². The van der Waals surface area contributed by atoms with Crippen molar-refractivity contribution in [2.45, 2.75) is 26.7 Å². The third-order valence-electron chi connectivity index (χ3n) is 5.59. The van der Waals surface area contributed by atoms with Crippen LogP contribution in [0, 0.1) is 5.41 Å². The second-order valence-electron chi connectivity index (χ2n) is 8.46. The quantitative estimate of drug-likeness (QED) is 0.635. The van der Waals surface area contributed by atoms with Crippen LogP contribution in [0.2, 0.25) is 0 Å². The number of ketones is 1. The van der Waals surface area contributed by atoms with Crippen molar-refractivity contribution in [3.63, 3.8) is 0 Å². The number of rotatable bonds is 3. The fraction of sp³-hybridized carbons (Fsp3) is 0.200. The first-order valence-electron chi connectivity index (χ1n) is 10.1. The maximum atomic E-state index is 12.7. The number of carbonyl (C=O) groups is 1. The van der Waals surface area contributed by atoms with E-state index >= 15 is 0 Å². The van der Waals surface area contributed by atoms with Gasteiger partial charge in [0.2, 0.25) is 5.95 Å². The minimum atomic E-state index is -0.123. The van der Waals surface area contributed by atoms with E-state index in [0.29, 0.717) is 12.4 Å². The van der Waals surface area contributed by atoms with Crippen molar-refractivity contribution in [2.75, 3.05) is 5.32 Å². The molecule has 5 rings (SSSR count). The lowest BCUT2D eigenvalue weighted by molar-refractivity contribution is 0.0951. The molecule has 1 aromatic carbocycles. The van der Waals surface area contributed by atoms with E-state index in [9.17, 15) is 4.79 Å². The van der Waals surface area contributed by atoms with E-state index < -0.39 is 0 Å². The van der Waals surface area contributed by atoms with Gasteiger partial charge in [0.1, 0.15) is 0 Å². The van der Waals surface area contributed by atoms with Crippen molar-refractivity contribution in [3.05, 3.63) is 89.0 Å². The zero-order valence-corrected chi connectivity index (χ0v) is 17.0. The highest BCUT2D eigenvalue weighted by atomic mass is 16.1. The highest BCUT2D eigenvalue weighted by Gasteiger charge is 2.25. The molecule has 0 aliphatic heterocycles. The molecule has 0 fully saturated rings. The average Bonchev–Trinajstić information content (AvgIpc) is 3.11. The Kier molecular flexibility index (Phi) is 4.31. The van der Waals surface area contributed by atoms with Gasteiger partial charge in [0.15, 0.2) is 5.78 Å². The molecule has 1 N–H and O–H groups in total. The molecule has 150 valence electrons. The predicted octanol–water partition coefficient (Wildman–Crippen LogP) is 5.47. The lowest BCUT2D eigenvalue weighted by Crippen LogP contribution is -2.13. The smallest absolute Gasteiger partial charge is 0.227 e. The molecule has 0 radical (unpaired) electrons. The van der Waals surface area contributed by atoms with Crippen molar-refractivity contribution in [1.29, 1.82) is 0 Å². The highest BCUT2D eigenvalue weighted by molar-refractivity contribution is 6.01. The van der Waals surface area contributed by atoms with Crippen LogP contribution in [-0.4, -0.2) is 20.7 Å². The Morgan fingerprint density at radius 3 is 2.77 bits per heavy atom. The second kappa shape index (κ2) is 7.02. The lowest BCUT2D eigenvalue weighted by Gasteiger charge is -2.16. The minimum absolute atomic E-state index is 0. The molecule has 3 aromatic rings. The first-order valence-corrected chi connectivity index (χ1v) is 10.1. The molecular formula is C25H24N4O. The molecule has 0 spiro atoms. The zero-order chi connectivity index (χ0) is 20.7. The van der Waals surface area contributed by atoms with E-state index in [-0.39, 0.29) is 12.6 Å². The van der Waals surface area contributed by atoms with Gasteiger partial charge in [0, 0.05) is 49.7 Å². The van der Waals surface area contributed by atoms with Gasteiger partial charge in [0.05, 0.1) is 5.69 Å². The van der Waals surface area contributed by atoms with E-state index in [2.05, 4.69) is 53.4 Å². The summed E-state index contributed by atoms with van der Waals surface area (Å²) in [7, 11) is 0. The fourth-order valence-electron chi connectivity index (χ4n) is 4.01. The molecule has 0 atom stereocenters. The van der Waals surface area contributed by atoms with Gasteiger partial charge in [-0.05, 0) is 40.3 Å². The topological polar surface area (TPSA) is 67.8 Å². The summed E-state index contributed by atoms with van der Waals surface area (Å²) in [5.41, 5.74) is 6.80. The van der Waals surface area contributed by atoms with Gasteiger partial charge in [-0.2, -0.15) is 0 Å². The summed E-state index contributed by atoms with van der Waals surface area (Å²) < 4.78 is 0. The van der Waals surface area contributed by atoms with Gasteiger partial charge >= 0.3 is 0 Å². The van der Waals surface area contributed by atoms with Crippen molar-refractivity contribution >= 4 is 29.1 Å². The molecule has 0 amide bonds. The standard InChI is InChI=1S/C25H22N4O.H2/c1-25(2)10-7-17-13-16(3-4-20(17)23(30)14-25)19-5-6-22-21(19)15-27-24(29-22)28-18-8-11-26-12-9-18;/h3-5,7-13,15H,6,14H2,1-2H3,(H,26,27,28,29);1H. The largest absolute Gasteiger partial charge is 0.324 e. The van der Waals surface area contributed by atoms with Crippen LogP contribution in [0.4, 0.5) is 11.6 Å². The molecule has 5 heteroatoms. The van der Waals surface area contributed by atoms with E-state index in [4.69, 9.17) is 4.98 Å². The van der Waals surface area contributed by atoms with Crippen LogP contribution < -0.4 is 5.32 Å². The lowest BCUT2D eigenvalue weighted by atomic mass is 9.87. The predicted molar refractivity (Wildman–Crippen MR) is 121 cm³/mol. The van der Waals surface area contributed by atoms with Crippen LogP contribution in [-0.2, 0) is 6.42 Å². The van der Waals surface area contributed by atoms with Crippen LogP contribution in [0.3, 0.4) is 0 Å². The average molecular weight is 396 g/mol. The number of nitrogens with zero attached hydrogens (tertiary/aromatic N) is 3. The van der Waals surface area contributed by atoms with Crippen LogP contribution in [0.25, 0.3) is 11.6 Å². The third-order valence-corrected chi connectivity index (χ3v) is 5.59. The molecule has 0 saturated heterocycles. The van der Waals surface area contributed by atoms with Gasteiger partial charge in [-0.3, -0.25) is 9.78 Å². The van der Waals surface area contributed by atoms with Crippen LogP contribution >= 0.6 is 0 Å². The molecule has 0 unspecified atom stereocenters. The van der Waals surface area contributed by atoms with E-state index in [1.54, 1.807) is 12.4 Å².